The van der Waals surface area contributed by atoms with Crippen LogP contribution in [0, 0.1) is 5.92 Å². The molecule has 0 radical (unpaired) electrons. The molecule has 1 aliphatic carbocycles. The molecule has 4 heteroatoms. The summed E-state index contributed by atoms with van der Waals surface area (Å²) in [4.78, 5) is 9.96. The van der Waals surface area contributed by atoms with E-state index in [1.165, 1.54) is 63.9 Å². The Kier molecular flexibility index (Phi) is 6.45. The average molecular weight is 406 g/mol. The van der Waals surface area contributed by atoms with Gasteiger partial charge in [0.15, 0.2) is 0 Å². The Balaban J connectivity index is 1.15. The quantitative estimate of drug-likeness (QED) is 0.698. The molecule has 1 aromatic carbocycles. The number of hydrogen-bond donors (Lipinski definition) is 0. The fourth-order valence-corrected chi connectivity index (χ4v) is 5.66. The Hall–Kier alpha value is -1.75. The highest BCUT2D eigenvalue weighted by molar-refractivity contribution is 5.33. The molecule has 2 aliphatic heterocycles. The second kappa shape index (κ2) is 9.59. The molecule has 0 saturated carbocycles. The van der Waals surface area contributed by atoms with Crippen molar-refractivity contribution < 1.29 is 4.74 Å². The van der Waals surface area contributed by atoms with Gasteiger partial charge in [-0.05, 0) is 80.8 Å². The topological polar surface area (TPSA) is 28.6 Å². The maximum atomic E-state index is 5.96. The van der Waals surface area contributed by atoms with E-state index in [0.717, 1.165) is 31.7 Å². The first-order valence-corrected chi connectivity index (χ1v) is 11.9. The van der Waals surface area contributed by atoms with Gasteiger partial charge in [-0.15, -0.1) is 0 Å². The van der Waals surface area contributed by atoms with Crippen LogP contribution in [0.2, 0.25) is 0 Å². The van der Waals surface area contributed by atoms with Crippen LogP contribution in [0.1, 0.15) is 42.5 Å². The summed E-state index contributed by atoms with van der Waals surface area (Å²) >= 11 is 0. The van der Waals surface area contributed by atoms with E-state index in [-0.39, 0.29) is 0 Å². The first kappa shape index (κ1) is 20.2. The van der Waals surface area contributed by atoms with Gasteiger partial charge < -0.3 is 4.74 Å². The molecule has 3 aliphatic rings. The minimum Gasteiger partial charge on any atom is -0.377 e. The fourth-order valence-electron chi connectivity index (χ4n) is 5.66. The third kappa shape index (κ3) is 4.93. The van der Waals surface area contributed by atoms with Gasteiger partial charge in [0.05, 0.1) is 11.8 Å². The van der Waals surface area contributed by atoms with Crippen molar-refractivity contribution >= 4 is 0 Å². The van der Waals surface area contributed by atoms with Crippen LogP contribution in [-0.4, -0.2) is 59.7 Å². The van der Waals surface area contributed by atoms with Crippen molar-refractivity contribution in [3.05, 3.63) is 65.5 Å². The summed E-state index contributed by atoms with van der Waals surface area (Å²) in [5.74, 6) is 0.787. The number of aromatic nitrogens is 1. The summed E-state index contributed by atoms with van der Waals surface area (Å²) < 4.78 is 5.96. The van der Waals surface area contributed by atoms with E-state index in [4.69, 9.17) is 4.74 Å². The maximum absolute atomic E-state index is 5.96. The largest absolute Gasteiger partial charge is 0.377 e. The Morgan fingerprint density at radius 1 is 0.933 bits per heavy atom. The number of nitrogens with zero attached hydrogens (tertiary/aromatic N) is 3. The molecule has 2 aromatic rings. The molecule has 0 unspecified atom stereocenters. The van der Waals surface area contributed by atoms with E-state index in [0.29, 0.717) is 6.10 Å². The summed E-state index contributed by atoms with van der Waals surface area (Å²) in [5.41, 5.74) is 4.32. The molecule has 0 spiro atoms. The number of hydrogen-bond acceptors (Lipinski definition) is 4. The molecule has 0 N–H and O–H groups in total. The molecule has 4 nitrogen and oxygen atoms in total. The normalized spacial score (nSPS) is 23.3. The zero-order valence-electron chi connectivity index (χ0n) is 18.1. The molecule has 1 aromatic heterocycles. The first-order chi connectivity index (χ1) is 14.8. The number of fused-ring (bicyclic) bond motifs is 1. The van der Waals surface area contributed by atoms with Gasteiger partial charge in [0.25, 0.3) is 0 Å². The molecule has 3 heterocycles. The lowest BCUT2D eigenvalue weighted by Crippen LogP contribution is -2.44. The Morgan fingerprint density at radius 2 is 1.70 bits per heavy atom. The summed E-state index contributed by atoms with van der Waals surface area (Å²) in [6.07, 6.45) is 9.86. The number of ether oxygens (including phenoxy) is 1. The Morgan fingerprint density at radius 3 is 2.37 bits per heavy atom. The van der Waals surface area contributed by atoms with Gasteiger partial charge in [0, 0.05) is 38.5 Å². The van der Waals surface area contributed by atoms with E-state index < -0.39 is 0 Å². The molecule has 30 heavy (non-hydrogen) atoms. The van der Waals surface area contributed by atoms with Crippen molar-refractivity contribution in [1.29, 1.82) is 0 Å². The van der Waals surface area contributed by atoms with E-state index in [2.05, 4.69) is 51.2 Å². The van der Waals surface area contributed by atoms with Gasteiger partial charge in [-0.3, -0.25) is 14.8 Å². The van der Waals surface area contributed by atoms with Crippen molar-refractivity contribution in [2.24, 2.45) is 5.92 Å². The fraction of sp³-hybridized carbons (Fsp3) is 0.577. The molecule has 160 valence electrons. The molecule has 2 saturated heterocycles. The smallest absolute Gasteiger partial charge is 0.0702 e. The van der Waals surface area contributed by atoms with E-state index in [9.17, 15) is 0 Å². The van der Waals surface area contributed by atoms with Crippen LogP contribution in [0.5, 0.6) is 0 Å². The SMILES string of the molecule is c1ccc(CN(CC2CCN(C3Cc4ccccc4C3)CC2)C[C@H]2CCCO2)nc1. The highest BCUT2D eigenvalue weighted by atomic mass is 16.5. The van der Waals surface area contributed by atoms with Crippen LogP contribution in [0.4, 0.5) is 0 Å². The monoisotopic (exact) mass is 405 g/mol. The predicted molar refractivity (Wildman–Crippen MR) is 120 cm³/mol. The van der Waals surface area contributed by atoms with Crippen molar-refractivity contribution in [3.8, 4) is 0 Å². The van der Waals surface area contributed by atoms with Gasteiger partial charge >= 0.3 is 0 Å². The molecule has 0 amide bonds. The van der Waals surface area contributed by atoms with E-state index in [1.54, 1.807) is 11.1 Å². The first-order valence-electron chi connectivity index (χ1n) is 11.9. The molecule has 1 atom stereocenters. The summed E-state index contributed by atoms with van der Waals surface area (Å²) in [7, 11) is 0. The van der Waals surface area contributed by atoms with Gasteiger partial charge in [0.2, 0.25) is 0 Å². The minimum absolute atomic E-state index is 0.408. The van der Waals surface area contributed by atoms with Crippen molar-refractivity contribution in [3.63, 3.8) is 0 Å². The average Bonchev–Trinajstić information content (AvgIpc) is 3.44. The van der Waals surface area contributed by atoms with Crippen molar-refractivity contribution in [2.45, 2.75) is 57.2 Å². The Bertz CT molecular complexity index is 772. The van der Waals surface area contributed by atoms with Crippen molar-refractivity contribution in [1.82, 2.24) is 14.8 Å². The lowest BCUT2D eigenvalue weighted by atomic mass is 9.94. The van der Waals surface area contributed by atoms with Crippen LogP contribution in [0.25, 0.3) is 0 Å². The molecule has 0 bridgehead atoms. The van der Waals surface area contributed by atoms with Crippen LogP contribution in [0.3, 0.4) is 0 Å². The standard InChI is InChI=1S/C26H35N3O/c1-2-7-23-17-25(16-22(23)6-1)29-13-10-21(11-14-29)18-28(20-26-9-5-15-30-26)19-24-8-3-4-12-27-24/h1-4,6-8,12,21,25-26H,5,9-11,13-20H2/t26-/m1/s1. The highest BCUT2D eigenvalue weighted by Crippen LogP contribution is 2.29. The van der Waals surface area contributed by atoms with Crippen LogP contribution in [-0.2, 0) is 24.1 Å². The third-order valence-corrected chi connectivity index (χ3v) is 7.31. The highest BCUT2D eigenvalue weighted by Gasteiger charge is 2.30. The van der Waals surface area contributed by atoms with Crippen LogP contribution < -0.4 is 0 Å². The van der Waals surface area contributed by atoms with Gasteiger partial charge in [-0.25, -0.2) is 0 Å². The van der Waals surface area contributed by atoms with E-state index in [1.807, 2.05) is 12.3 Å². The van der Waals surface area contributed by atoms with Gasteiger partial charge in [0.1, 0.15) is 0 Å². The zero-order chi connectivity index (χ0) is 20.2. The number of pyridine rings is 1. The predicted octanol–water partition coefficient (Wildman–Crippen LogP) is 3.94. The van der Waals surface area contributed by atoms with Crippen LogP contribution >= 0.6 is 0 Å². The third-order valence-electron chi connectivity index (χ3n) is 7.31. The molecule has 2 fully saturated rings. The van der Waals surface area contributed by atoms with Gasteiger partial charge in [-0.2, -0.15) is 0 Å². The Labute approximate surface area is 181 Å². The number of benzene rings is 1. The summed E-state index contributed by atoms with van der Waals surface area (Å²) in [6, 6.07) is 16.0. The lowest BCUT2D eigenvalue weighted by Gasteiger charge is -2.38. The van der Waals surface area contributed by atoms with Crippen molar-refractivity contribution in [2.75, 3.05) is 32.8 Å². The number of rotatable bonds is 7. The van der Waals surface area contributed by atoms with Crippen LogP contribution in [0.15, 0.2) is 48.7 Å². The molecular weight excluding hydrogens is 370 g/mol. The lowest BCUT2D eigenvalue weighted by molar-refractivity contribution is 0.0537. The summed E-state index contributed by atoms with van der Waals surface area (Å²) in [6.45, 7) is 6.61. The molecule has 5 rings (SSSR count). The molecular formula is C26H35N3O. The minimum atomic E-state index is 0.408. The van der Waals surface area contributed by atoms with Gasteiger partial charge in [-0.1, -0.05) is 30.3 Å². The van der Waals surface area contributed by atoms with E-state index >= 15 is 0 Å². The number of piperidine rings is 1. The summed E-state index contributed by atoms with van der Waals surface area (Å²) in [5, 5.41) is 0. The number of likely N-dealkylation sites (tertiary alicyclic amines) is 1. The maximum Gasteiger partial charge on any atom is 0.0702 e. The zero-order valence-corrected chi connectivity index (χ0v) is 18.1. The second-order valence-electron chi connectivity index (χ2n) is 9.46. The second-order valence-corrected chi connectivity index (χ2v) is 9.46.